The lowest BCUT2D eigenvalue weighted by atomic mass is 10.0. The van der Waals surface area contributed by atoms with Crippen molar-refractivity contribution in [3.63, 3.8) is 0 Å². The van der Waals surface area contributed by atoms with Crippen molar-refractivity contribution in [2.75, 3.05) is 13.2 Å². The number of benzene rings is 1. The zero-order valence-corrected chi connectivity index (χ0v) is 21.3. The van der Waals surface area contributed by atoms with Crippen LogP contribution in [0.2, 0.25) is 5.02 Å². The van der Waals surface area contributed by atoms with E-state index in [-0.39, 0.29) is 17.9 Å². The molecule has 4 heterocycles. The Bertz CT molecular complexity index is 1420. The van der Waals surface area contributed by atoms with Gasteiger partial charge in [-0.3, -0.25) is 9.78 Å². The second-order valence-corrected chi connectivity index (χ2v) is 10.5. The van der Waals surface area contributed by atoms with Gasteiger partial charge < -0.3 is 10.1 Å². The fourth-order valence-electron chi connectivity index (χ4n) is 5.16. The van der Waals surface area contributed by atoms with Gasteiger partial charge in [-0.2, -0.15) is 5.10 Å². The smallest absolute Gasteiger partial charge is 0.223 e. The second-order valence-electron chi connectivity index (χ2n) is 9.38. The van der Waals surface area contributed by atoms with Crippen LogP contribution in [0.3, 0.4) is 0 Å². The van der Waals surface area contributed by atoms with Gasteiger partial charge in [0.2, 0.25) is 5.91 Å². The van der Waals surface area contributed by atoms with Gasteiger partial charge in [-0.15, -0.1) is 0 Å². The van der Waals surface area contributed by atoms with Gasteiger partial charge in [-0.05, 0) is 65.7 Å². The topological polar surface area (TPSA) is 94.8 Å². The monoisotopic (exact) mass is 554 g/mol. The summed E-state index contributed by atoms with van der Waals surface area (Å²) in [5, 5.41) is 10.1. The lowest BCUT2D eigenvalue weighted by Gasteiger charge is -2.15. The van der Waals surface area contributed by atoms with Crippen LogP contribution < -0.4 is 5.32 Å². The Balaban J connectivity index is 1.23. The predicted octanol–water partition coefficient (Wildman–Crippen LogP) is 4.64. The molecule has 1 aliphatic carbocycles. The highest BCUT2D eigenvalue weighted by molar-refractivity contribution is 9.10. The number of ether oxygens (including phenoxy) is 1. The highest BCUT2D eigenvalue weighted by Gasteiger charge is 2.32. The zero-order valence-electron chi connectivity index (χ0n) is 19.0. The Labute approximate surface area is 215 Å². The second kappa shape index (κ2) is 9.44. The van der Waals surface area contributed by atoms with Gasteiger partial charge in [-0.25, -0.2) is 14.6 Å². The number of nitrogens with one attached hydrogen (secondary N) is 1. The Kier molecular flexibility index (Phi) is 6.16. The van der Waals surface area contributed by atoms with E-state index in [1.165, 1.54) is 0 Å². The van der Waals surface area contributed by atoms with Crippen molar-refractivity contribution in [3.8, 4) is 5.69 Å². The average molecular weight is 556 g/mol. The average Bonchev–Trinajstić information content (AvgIpc) is 3.60. The summed E-state index contributed by atoms with van der Waals surface area (Å²) in [5.74, 6) is 1.35. The lowest BCUT2D eigenvalue weighted by molar-refractivity contribution is -0.125. The largest absolute Gasteiger partial charge is 0.379 e. The van der Waals surface area contributed by atoms with Gasteiger partial charge in [0.1, 0.15) is 10.4 Å². The first-order valence-electron chi connectivity index (χ1n) is 11.9. The van der Waals surface area contributed by atoms with Crippen LogP contribution in [-0.2, 0) is 16.0 Å². The number of carbonyl (C=O) groups excluding carboxylic acids is 1. The molecule has 3 aromatic heterocycles. The molecular weight excluding hydrogens is 532 g/mol. The third-order valence-electron chi connectivity index (χ3n) is 6.98. The van der Waals surface area contributed by atoms with E-state index in [0.29, 0.717) is 22.2 Å². The standard InChI is InChI=1S/C25H24BrClN6O2/c26-23-19-12-29-21(9-14-3-4-16(8-14)25(34)30-17-5-7-35-13-17)31-24(19)33(32-23)18-10-15-2-1-6-28-22(15)20(27)11-18/h1-2,6,10-12,14,16-17H,3-5,7-9,13H2,(H,30,34)/t14-,16-,17-/m1/s1. The van der Waals surface area contributed by atoms with E-state index >= 15 is 0 Å². The number of halogens is 2. The summed E-state index contributed by atoms with van der Waals surface area (Å²) in [6, 6.07) is 7.88. The molecule has 2 fully saturated rings. The summed E-state index contributed by atoms with van der Waals surface area (Å²) in [6.07, 6.45) is 7.94. The molecule has 1 aliphatic heterocycles. The Morgan fingerprint density at radius 2 is 2.17 bits per heavy atom. The number of hydrogen-bond donors (Lipinski definition) is 1. The summed E-state index contributed by atoms with van der Waals surface area (Å²) < 4.78 is 7.84. The molecule has 35 heavy (non-hydrogen) atoms. The molecule has 1 amide bonds. The molecule has 1 aromatic carbocycles. The van der Waals surface area contributed by atoms with Crippen LogP contribution in [0, 0.1) is 11.8 Å². The molecule has 8 nitrogen and oxygen atoms in total. The van der Waals surface area contributed by atoms with Gasteiger partial charge >= 0.3 is 0 Å². The molecule has 2 aliphatic rings. The molecule has 10 heteroatoms. The molecule has 180 valence electrons. The summed E-state index contributed by atoms with van der Waals surface area (Å²) in [6.45, 7) is 1.35. The molecule has 0 unspecified atom stereocenters. The molecule has 1 N–H and O–H groups in total. The highest BCUT2D eigenvalue weighted by atomic mass is 79.9. The minimum Gasteiger partial charge on any atom is -0.379 e. The van der Waals surface area contributed by atoms with Crippen LogP contribution in [0.5, 0.6) is 0 Å². The number of carbonyl (C=O) groups is 1. The molecule has 6 rings (SSSR count). The molecule has 0 spiro atoms. The van der Waals surface area contributed by atoms with Crippen LogP contribution in [0.15, 0.2) is 41.3 Å². The predicted molar refractivity (Wildman–Crippen MR) is 137 cm³/mol. The quantitative estimate of drug-likeness (QED) is 0.385. The number of amides is 1. The maximum Gasteiger partial charge on any atom is 0.223 e. The van der Waals surface area contributed by atoms with E-state index in [1.807, 2.05) is 30.5 Å². The van der Waals surface area contributed by atoms with Crippen LogP contribution in [0.1, 0.15) is 31.5 Å². The molecule has 0 radical (unpaired) electrons. The van der Waals surface area contributed by atoms with Crippen LogP contribution >= 0.6 is 27.5 Å². The SMILES string of the molecule is O=C(N[C@@H]1CCOC1)[C@@H]1CC[C@@H](Cc2ncc3c(Br)nn(-c4cc(Cl)c5ncccc5c4)c3n2)C1. The van der Waals surface area contributed by atoms with E-state index in [4.69, 9.17) is 21.3 Å². The van der Waals surface area contributed by atoms with Gasteiger partial charge in [0, 0.05) is 36.7 Å². The first kappa shape index (κ1) is 22.8. The van der Waals surface area contributed by atoms with Gasteiger partial charge in [0.25, 0.3) is 0 Å². The number of rotatable bonds is 5. The van der Waals surface area contributed by atoms with Gasteiger partial charge in [0.05, 0.1) is 34.3 Å². The van der Waals surface area contributed by atoms with E-state index in [9.17, 15) is 4.79 Å². The van der Waals surface area contributed by atoms with Crippen LogP contribution in [-0.4, -0.2) is 49.9 Å². The maximum atomic E-state index is 12.7. The number of nitrogens with zero attached hydrogens (tertiary/aromatic N) is 5. The molecule has 1 saturated heterocycles. The van der Waals surface area contributed by atoms with Crippen molar-refractivity contribution in [1.29, 1.82) is 0 Å². The molecule has 4 aromatic rings. The molecule has 0 bridgehead atoms. The van der Waals surface area contributed by atoms with Gasteiger partial charge in [0.15, 0.2) is 5.65 Å². The molecule has 3 atom stereocenters. The van der Waals surface area contributed by atoms with E-state index < -0.39 is 0 Å². The Morgan fingerprint density at radius 1 is 1.26 bits per heavy atom. The fourth-order valence-corrected chi connectivity index (χ4v) is 5.87. The minimum absolute atomic E-state index is 0.0531. The van der Waals surface area contributed by atoms with Crippen molar-refractivity contribution < 1.29 is 9.53 Å². The van der Waals surface area contributed by atoms with Gasteiger partial charge in [-0.1, -0.05) is 17.7 Å². The number of aromatic nitrogens is 5. The van der Waals surface area contributed by atoms with Crippen LogP contribution in [0.25, 0.3) is 27.6 Å². The minimum atomic E-state index is 0.0531. The number of pyridine rings is 1. The normalized spacial score (nSPS) is 22.3. The van der Waals surface area contributed by atoms with E-state index in [1.54, 1.807) is 10.9 Å². The van der Waals surface area contributed by atoms with E-state index in [2.05, 4.69) is 36.3 Å². The Hall–Kier alpha value is -2.62. The number of fused-ring (bicyclic) bond motifs is 2. The van der Waals surface area contributed by atoms with Crippen molar-refractivity contribution in [1.82, 2.24) is 30.0 Å². The van der Waals surface area contributed by atoms with Crippen molar-refractivity contribution in [3.05, 3.63) is 52.1 Å². The summed E-state index contributed by atoms with van der Waals surface area (Å²) in [5.41, 5.74) is 2.28. The maximum absolute atomic E-state index is 12.7. The first-order chi connectivity index (χ1) is 17.0. The summed E-state index contributed by atoms with van der Waals surface area (Å²) >= 11 is 10.1. The summed E-state index contributed by atoms with van der Waals surface area (Å²) in [4.78, 5) is 26.5. The lowest BCUT2D eigenvalue weighted by Crippen LogP contribution is -2.38. The third kappa shape index (κ3) is 4.52. The summed E-state index contributed by atoms with van der Waals surface area (Å²) in [7, 11) is 0. The van der Waals surface area contributed by atoms with Crippen molar-refractivity contribution in [2.24, 2.45) is 11.8 Å². The third-order valence-corrected chi connectivity index (χ3v) is 7.85. The first-order valence-corrected chi connectivity index (χ1v) is 13.0. The zero-order chi connectivity index (χ0) is 23.9. The fraction of sp³-hybridized carbons (Fsp3) is 0.400. The van der Waals surface area contributed by atoms with Crippen molar-refractivity contribution in [2.45, 2.75) is 38.1 Å². The van der Waals surface area contributed by atoms with Crippen LogP contribution in [0.4, 0.5) is 0 Å². The number of hydrogen-bond acceptors (Lipinski definition) is 6. The molecule has 1 saturated carbocycles. The van der Waals surface area contributed by atoms with Crippen molar-refractivity contribution >= 4 is 55.4 Å². The van der Waals surface area contributed by atoms with E-state index in [0.717, 1.165) is 72.2 Å². The highest BCUT2D eigenvalue weighted by Crippen LogP contribution is 2.34. The Morgan fingerprint density at radius 3 is 3.03 bits per heavy atom. The molecular formula is C25H24BrClN6O2.